The SMILES string of the molecule is CCC(CC)COC(=O)[C@H](C)N=CP(=O)(OC[C@H]1O[C@@](C)(c2ccc3c(N)ncnn23)[C@@H]2OC(C)(C)O[C@@H]21)Oc1ccccc1. The van der Waals surface area contributed by atoms with Crippen LogP contribution in [-0.4, -0.2) is 69.9 Å². The number of hydrogen-bond donors (Lipinski definition) is 1. The number of ether oxygens (including phenoxy) is 4. The van der Waals surface area contributed by atoms with Gasteiger partial charge in [0, 0.05) is 0 Å². The Hall–Kier alpha value is -3.35. The number of aliphatic imine (C=N–C) groups is 1. The summed E-state index contributed by atoms with van der Waals surface area (Å²) >= 11 is 0. The average Bonchev–Trinajstić information content (AvgIpc) is 3.67. The summed E-state index contributed by atoms with van der Waals surface area (Å²) in [7, 11) is -4.07. The minimum absolute atomic E-state index is 0.194. The molecule has 2 aromatic heterocycles. The summed E-state index contributed by atoms with van der Waals surface area (Å²) in [6.45, 7) is 11.3. The number of nitrogens with zero attached hydrogens (tertiary/aromatic N) is 4. The molecule has 0 spiro atoms. The smallest absolute Gasteiger partial charge is 0.421 e. The van der Waals surface area contributed by atoms with Crippen molar-refractivity contribution in [2.24, 2.45) is 10.9 Å². The van der Waals surface area contributed by atoms with Crippen molar-refractivity contribution in [1.82, 2.24) is 14.6 Å². The summed E-state index contributed by atoms with van der Waals surface area (Å²) in [5.74, 6) is 0.517. The van der Waals surface area contributed by atoms with Gasteiger partial charge < -0.3 is 29.2 Å². The number of anilines is 1. The molecule has 2 saturated heterocycles. The van der Waals surface area contributed by atoms with E-state index in [1.165, 1.54) is 6.33 Å². The van der Waals surface area contributed by atoms with Gasteiger partial charge in [-0.05, 0) is 57.9 Å². The van der Waals surface area contributed by atoms with E-state index in [9.17, 15) is 9.36 Å². The molecule has 2 fully saturated rings. The number of carbonyl (C=O) groups is 1. The van der Waals surface area contributed by atoms with Crippen LogP contribution < -0.4 is 10.3 Å². The van der Waals surface area contributed by atoms with Crippen LogP contribution in [0.25, 0.3) is 5.52 Å². The van der Waals surface area contributed by atoms with Gasteiger partial charge in [-0.2, -0.15) is 5.10 Å². The molecule has 13 nitrogen and oxygen atoms in total. The summed E-state index contributed by atoms with van der Waals surface area (Å²) < 4.78 is 52.3. The molecule has 0 bridgehead atoms. The van der Waals surface area contributed by atoms with Gasteiger partial charge >= 0.3 is 13.6 Å². The number of benzene rings is 1. The molecule has 2 N–H and O–H groups in total. The Labute approximate surface area is 262 Å². The van der Waals surface area contributed by atoms with Crippen molar-refractivity contribution >= 4 is 30.9 Å². The number of esters is 1. The van der Waals surface area contributed by atoms with Gasteiger partial charge in [-0.1, -0.05) is 44.9 Å². The van der Waals surface area contributed by atoms with Crippen molar-refractivity contribution in [3.63, 3.8) is 0 Å². The Morgan fingerprint density at radius 1 is 1.13 bits per heavy atom. The minimum atomic E-state index is -4.07. The van der Waals surface area contributed by atoms with E-state index in [2.05, 4.69) is 15.1 Å². The lowest BCUT2D eigenvalue weighted by Crippen LogP contribution is -2.39. The molecule has 0 amide bonds. The number of hydrogen-bond acceptors (Lipinski definition) is 12. The number of nitrogen functional groups attached to an aromatic ring is 1. The van der Waals surface area contributed by atoms with Crippen LogP contribution in [0.3, 0.4) is 0 Å². The molecule has 3 aromatic rings. The summed E-state index contributed by atoms with van der Waals surface area (Å²) in [6, 6.07) is 11.3. The van der Waals surface area contributed by atoms with Crippen molar-refractivity contribution in [3.05, 3.63) is 54.5 Å². The van der Waals surface area contributed by atoms with E-state index in [0.29, 0.717) is 29.4 Å². The maximum atomic E-state index is 14.1. The minimum Gasteiger partial charge on any atom is -0.464 e. The first kappa shape index (κ1) is 33.0. The highest BCUT2D eigenvalue weighted by Crippen LogP contribution is 2.52. The normalized spacial score (nSPS) is 26.2. The molecule has 6 atom stereocenters. The molecule has 14 heteroatoms. The highest BCUT2D eigenvalue weighted by molar-refractivity contribution is 7.70. The lowest BCUT2D eigenvalue weighted by Gasteiger charge is -2.31. The van der Waals surface area contributed by atoms with Crippen molar-refractivity contribution < 1.29 is 37.4 Å². The van der Waals surface area contributed by atoms with Gasteiger partial charge in [-0.25, -0.2) is 18.9 Å². The Balaban J connectivity index is 1.37. The standard InChI is InChI=1S/C31H42N5O8P/c1-7-21(8-2)16-39-29(37)20(3)34-19-45(38,44-22-12-10-9-11-13-22)40-17-24-26-27(43-30(4,5)42-26)31(6,41-24)25-15-14-23-28(32)33-18-35-36(23)25/h9-15,18-21,24,26-27H,7-8,16-17H2,1-6H3,(H2,32,33,35)/t20-,24+,26+,27+,31-,45?/m0/s1. The third kappa shape index (κ3) is 7.07. The lowest BCUT2D eigenvalue weighted by molar-refractivity contribution is -0.211. The largest absolute Gasteiger partial charge is 0.464 e. The summed E-state index contributed by atoms with van der Waals surface area (Å²) in [5, 5.41) is 4.39. The molecule has 2 aliphatic rings. The molecule has 0 radical (unpaired) electrons. The number of aromatic nitrogens is 3. The molecule has 244 valence electrons. The van der Waals surface area contributed by atoms with Crippen molar-refractivity contribution in [1.29, 1.82) is 0 Å². The summed E-state index contributed by atoms with van der Waals surface area (Å²) in [4.78, 5) is 20.9. The van der Waals surface area contributed by atoms with Crippen LogP contribution in [0, 0.1) is 5.92 Å². The number of nitrogens with two attached hydrogens (primary N) is 1. The van der Waals surface area contributed by atoms with Gasteiger partial charge in [0.15, 0.2) is 11.6 Å². The number of fused-ring (bicyclic) bond motifs is 2. The topological polar surface area (TPSA) is 158 Å². The Morgan fingerprint density at radius 2 is 1.87 bits per heavy atom. The fraction of sp³-hybridized carbons (Fsp3) is 0.548. The second-order valence-corrected chi connectivity index (χ2v) is 13.7. The fourth-order valence-electron chi connectivity index (χ4n) is 5.58. The van der Waals surface area contributed by atoms with Crippen LogP contribution >= 0.6 is 7.60 Å². The average molecular weight is 644 g/mol. The van der Waals surface area contributed by atoms with Gasteiger partial charge in [0.25, 0.3) is 0 Å². The number of para-hydroxylation sites is 1. The predicted molar refractivity (Wildman–Crippen MR) is 167 cm³/mol. The zero-order valence-corrected chi connectivity index (χ0v) is 27.4. The predicted octanol–water partition coefficient (Wildman–Crippen LogP) is 5.13. The quantitative estimate of drug-likeness (QED) is 0.150. The first-order chi connectivity index (χ1) is 21.4. The van der Waals surface area contributed by atoms with Crippen LogP contribution in [0.5, 0.6) is 5.75 Å². The molecule has 45 heavy (non-hydrogen) atoms. The fourth-order valence-corrected chi connectivity index (χ4v) is 6.88. The number of carbonyl (C=O) groups excluding carboxylic acids is 1. The number of rotatable bonds is 13. The van der Waals surface area contributed by atoms with E-state index >= 15 is 0 Å². The summed E-state index contributed by atoms with van der Waals surface area (Å²) in [5.41, 5.74) is 6.33. The van der Waals surface area contributed by atoms with E-state index in [0.717, 1.165) is 18.8 Å². The Kier molecular flexibility index (Phi) is 9.67. The van der Waals surface area contributed by atoms with Crippen molar-refractivity contribution in [2.45, 2.75) is 90.1 Å². The van der Waals surface area contributed by atoms with Crippen LogP contribution in [0.4, 0.5) is 5.82 Å². The van der Waals surface area contributed by atoms with E-state index in [-0.39, 0.29) is 12.5 Å². The van der Waals surface area contributed by atoms with Gasteiger partial charge in [0.1, 0.15) is 53.5 Å². The van der Waals surface area contributed by atoms with Gasteiger partial charge in [0.2, 0.25) is 0 Å². The molecule has 1 unspecified atom stereocenters. The third-order valence-electron chi connectivity index (χ3n) is 8.21. The third-order valence-corrected chi connectivity index (χ3v) is 9.60. The van der Waals surface area contributed by atoms with E-state index < -0.39 is 49.3 Å². The first-order valence-corrected chi connectivity index (χ1v) is 16.8. The molecule has 0 saturated carbocycles. The molecular formula is C31H42N5O8P. The van der Waals surface area contributed by atoms with Crippen molar-refractivity contribution in [2.75, 3.05) is 18.9 Å². The molecular weight excluding hydrogens is 601 g/mol. The monoisotopic (exact) mass is 643 g/mol. The Bertz CT molecular complexity index is 1560. The van der Waals surface area contributed by atoms with Crippen LogP contribution in [-0.2, 0) is 38.4 Å². The van der Waals surface area contributed by atoms with Crippen LogP contribution in [0.15, 0.2) is 53.8 Å². The van der Waals surface area contributed by atoms with Crippen molar-refractivity contribution in [3.8, 4) is 5.75 Å². The molecule has 0 aliphatic carbocycles. The van der Waals surface area contributed by atoms with E-state index in [4.69, 9.17) is 33.7 Å². The molecule has 1 aromatic carbocycles. The second-order valence-electron chi connectivity index (χ2n) is 11.9. The zero-order valence-electron chi connectivity index (χ0n) is 26.5. The van der Waals surface area contributed by atoms with Crippen LogP contribution in [0.2, 0.25) is 0 Å². The summed E-state index contributed by atoms with van der Waals surface area (Å²) in [6.07, 6.45) is 1.29. The molecule has 4 heterocycles. The highest BCUT2D eigenvalue weighted by atomic mass is 31.2. The maximum absolute atomic E-state index is 14.1. The van der Waals surface area contributed by atoms with E-state index in [1.54, 1.807) is 41.8 Å². The second kappa shape index (κ2) is 13.2. The first-order valence-electron chi connectivity index (χ1n) is 15.2. The van der Waals surface area contributed by atoms with Gasteiger partial charge in [-0.3, -0.25) is 9.52 Å². The maximum Gasteiger partial charge on any atom is 0.421 e. The zero-order chi connectivity index (χ0) is 32.4. The highest BCUT2D eigenvalue weighted by Gasteiger charge is 2.62. The Morgan fingerprint density at radius 3 is 2.58 bits per heavy atom. The van der Waals surface area contributed by atoms with Crippen LogP contribution in [0.1, 0.15) is 60.1 Å². The molecule has 2 aliphatic heterocycles. The molecule has 5 rings (SSSR count). The van der Waals surface area contributed by atoms with Gasteiger partial charge in [-0.15, -0.1) is 0 Å². The van der Waals surface area contributed by atoms with Gasteiger partial charge in [0.05, 0.1) is 18.9 Å². The lowest BCUT2D eigenvalue weighted by atomic mass is 9.93. The van der Waals surface area contributed by atoms with E-state index in [1.807, 2.05) is 46.8 Å².